The molecule has 0 aromatic carbocycles. The maximum Gasteiger partial charge on any atom is 0.307 e. The minimum absolute atomic E-state index is 0.0248. The van der Waals surface area contributed by atoms with Gasteiger partial charge in [0, 0.05) is 22.3 Å². The number of carbonyl (C=O) groups is 1. The highest BCUT2D eigenvalue weighted by atomic mass is 32.2. The molecule has 16 heavy (non-hydrogen) atoms. The molecule has 0 amide bonds. The van der Waals surface area contributed by atoms with Crippen LogP contribution in [0.3, 0.4) is 0 Å². The van der Waals surface area contributed by atoms with E-state index in [1.165, 1.54) is 0 Å². The summed E-state index contributed by atoms with van der Waals surface area (Å²) in [5, 5.41) is 8.71. The standard InChI is InChI=1S/C11H20O4S/c1-8(10(12)13)6-16(14)7-9-4-5-11(2,3)15-9/h8-9H,4-7H2,1-3H3,(H,12,13). The van der Waals surface area contributed by atoms with Crippen molar-refractivity contribution < 1.29 is 18.8 Å². The molecule has 4 nitrogen and oxygen atoms in total. The summed E-state index contributed by atoms with van der Waals surface area (Å²) in [5.74, 6) is -0.757. The summed E-state index contributed by atoms with van der Waals surface area (Å²) in [7, 11) is -1.10. The van der Waals surface area contributed by atoms with Crippen molar-refractivity contribution in [3.63, 3.8) is 0 Å². The molecule has 0 spiro atoms. The van der Waals surface area contributed by atoms with Crippen LogP contribution in [-0.2, 0) is 20.3 Å². The van der Waals surface area contributed by atoms with Gasteiger partial charge in [0.05, 0.1) is 17.6 Å². The Morgan fingerprint density at radius 2 is 2.25 bits per heavy atom. The van der Waals surface area contributed by atoms with Crippen LogP contribution >= 0.6 is 0 Å². The Morgan fingerprint density at radius 1 is 1.62 bits per heavy atom. The van der Waals surface area contributed by atoms with Gasteiger partial charge in [0.2, 0.25) is 0 Å². The predicted molar refractivity (Wildman–Crippen MR) is 62.9 cm³/mol. The Hall–Kier alpha value is -0.420. The number of hydrogen-bond donors (Lipinski definition) is 1. The number of rotatable bonds is 5. The Kier molecular flexibility index (Phi) is 4.50. The van der Waals surface area contributed by atoms with Gasteiger partial charge in [-0.05, 0) is 26.7 Å². The highest BCUT2D eigenvalue weighted by Crippen LogP contribution is 2.29. The molecule has 0 aliphatic carbocycles. The minimum Gasteiger partial charge on any atom is -0.481 e. The first kappa shape index (κ1) is 13.6. The van der Waals surface area contributed by atoms with Crippen LogP contribution < -0.4 is 0 Å². The molecule has 0 aromatic heterocycles. The van der Waals surface area contributed by atoms with E-state index in [0.717, 1.165) is 12.8 Å². The zero-order chi connectivity index (χ0) is 12.3. The van der Waals surface area contributed by atoms with Gasteiger partial charge in [-0.3, -0.25) is 9.00 Å². The fourth-order valence-corrected chi connectivity index (χ4v) is 3.31. The number of hydrogen-bond acceptors (Lipinski definition) is 3. The second-order valence-electron chi connectivity index (χ2n) is 5.05. The molecule has 0 bridgehead atoms. The van der Waals surface area contributed by atoms with E-state index in [4.69, 9.17) is 9.84 Å². The maximum absolute atomic E-state index is 11.7. The lowest BCUT2D eigenvalue weighted by Gasteiger charge is -2.19. The lowest BCUT2D eigenvalue weighted by Crippen LogP contribution is -2.26. The molecule has 94 valence electrons. The number of aliphatic carboxylic acids is 1. The van der Waals surface area contributed by atoms with Crippen LogP contribution in [0.4, 0.5) is 0 Å². The molecule has 1 aliphatic rings. The summed E-state index contributed by atoms with van der Waals surface area (Å²) in [6.45, 7) is 5.63. The van der Waals surface area contributed by atoms with E-state index in [2.05, 4.69) is 0 Å². The first-order chi connectivity index (χ1) is 7.30. The monoisotopic (exact) mass is 248 g/mol. The molecule has 1 aliphatic heterocycles. The van der Waals surface area contributed by atoms with Gasteiger partial charge in [0.1, 0.15) is 0 Å². The van der Waals surface area contributed by atoms with Crippen molar-refractivity contribution in [3.05, 3.63) is 0 Å². The zero-order valence-corrected chi connectivity index (χ0v) is 10.9. The van der Waals surface area contributed by atoms with Gasteiger partial charge in [0.25, 0.3) is 0 Å². The molecule has 1 rings (SSSR count). The third kappa shape index (κ3) is 4.22. The SMILES string of the molecule is CC(CS(=O)CC1CCC(C)(C)O1)C(=O)O. The van der Waals surface area contributed by atoms with Crippen LogP contribution in [0.15, 0.2) is 0 Å². The predicted octanol–water partition coefficient (Wildman–Crippen LogP) is 1.41. The molecule has 1 fully saturated rings. The van der Waals surface area contributed by atoms with Crippen molar-refractivity contribution in [2.45, 2.75) is 45.3 Å². The van der Waals surface area contributed by atoms with Crippen molar-refractivity contribution in [3.8, 4) is 0 Å². The molecule has 3 atom stereocenters. The Balaban J connectivity index is 2.33. The molecular weight excluding hydrogens is 228 g/mol. The highest BCUT2D eigenvalue weighted by molar-refractivity contribution is 7.85. The van der Waals surface area contributed by atoms with Crippen LogP contribution in [0, 0.1) is 5.92 Å². The van der Waals surface area contributed by atoms with Gasteiger partial charge in [-0.25, -0.2) is 0 Å². The molecule has 0 radical (unpaired) electrons. The van der Waals surface area contributed by atoms with E-state index in [1.807, 2.05) is 13.8 Å². The largest absolute Gasteiger partial charge is 0.481 e. The van der Waals surface area contributed by atoms with E-state index >= 15 is 0 Å². The van der Waals surface area contributed by atoms with Crippen LogP contribution in [0.25, 0.3) is 0 Å². The van der Waals surface area contributed by atoms with Crippen molar-refractivity contribution in [2.24, 2.45) is 5.92 Å². The fourth-order valence-electron chi connectivity index (χ4n) is 1.82. The average Bonchev–Trinajstić information content (AvgIpc) is 2.44. The first-order valence-electron chi connectivity index (χ1n) is 5.56. The molecule has 0 aromatic rings. The van der Waals surface area contributed by atoms with Crippen LogP contribution in [-0.4, -0.2) is 38.5 Å². The molecule has 5 heteroatoms. The Morgan fingerprint density at radius 3 is 2.69 bits per heavy atom. The van der Waals surface area contributed by atoms with E-state index in [-0.39, 0.29) is 17.5 Å². The van der Waals surface area contributed by atoms with E-state index in [9.17, 15) is 9.00 Å². The number of carboxylic acid groups (broad SMARTS) is 1. The smallest absolute Gasteiger partial charge is 0.307 e. The lowest BCUT2D eigenvalue weighted by atomic mass is 10.1. The third-order valence-corrected chi connectivity index (χ3v) is 4.40. The van der Waals surface area contributed by atoms with Gasteiger partial charge >= 0.3 is 5.97 Å². The summed E-state index contributed by atoms with van der Waals surface area (Å²) in [4.78, 5) is 10.6. The van der Waals surface area contributed by atoms with Crippen molar-refractivity contribution in [1.82, 2.24) is 0 Å². The van der Waals surface area contributed by atoms with Crippen molar-refractivity contribution in [1.29, 1.82) is 0 Å². The number of carboxylic acids is 1. The zero-order valence-electron chi connectivity index (χ0n) is 10.1. The van der Waals surface area contributed by atoms with Crippen LogP contribution in [0.2, 0.25) is 0 Å². The Labute approximate surface area is 98.8 Å². The normalized spacial score (nSPS) is 27.6. The van der Waals surface area contributed by atoms with Gasteiger partial charge in [0.15, 0.2) is 0 Å². The van der Waals surface area contributed by atoms with Crippen LogP contribution in [0.1, 0.15) is 33.6 Å². The van der Waals surface area contributed by atoms with Gasteiger partial charge < -0.3 is 9.84 Å². The van der Waals surface area contributed by atoms with Gasteiger partial charge in [-0.2, -0.15) is 0 Å². The molecule has 3 unspecified atom stereocenters. The summed E-state index contributed by atoms with van der Waals surface area (Å²) in [6, 6.07) is 0. The first-order valence-corrected chi connectivity index (χ1v) is 7.04. The molecular formula is C11H20O4S. The second-order valence-corrected chi connectivity index (χ2v) is 6.60. The van der Waals surface area contributed by atoms with Crippen LogP contribution in [0.5, 0.6) is 0 Å². The van der Waals surface area contributed by atoms with E-state index < -0.39 is 22.7 Å². The summed E-state index contributed by atoms with van der Waals surface area (Å²) >= 11 is 0. The van der Waals surface area contributed by atoms with Crippen molar-refractivity contribution in [2.75, 3.05) is 11.5 Å². The number of ether oxygens (including phenoxy) is 1. The van der Waals surface area contributed by atoms with Crippen molar-refractivity contribution >= 4 is 16.8 Å². The summed E-state index contributed by atoms with van der Waals surface area (Å²) in [5.41, 5.74) is -0.118. The Bertz CT molecular complexity index is 288. The maximum atomic E-state index is 11.7. The fraction of sp³-hybridized carbons (Fsp3) is 0.909. The second kappa shape index (κ2) is 5.27. The third-order valence-electron chi connectivity index (χ3n) is 2.78. The molecule has 1 saturated heterocycles. The topological polar surface area (TPSA) is 63.6 Å². The van der Waals surface area contributed by atoms with Gasteiger partial charge in [-0.1, -0.05) is 6.92 Å². The summed E-state index contributed by atoms with van der Waals surface area (Å²) < 4.78 is 17.4. The van der Waals surface area contributed by atoms with E-state index in [1.54, 1.807) is 6.92 Å². The minimum atomic E-state index is -1.10. The molecule has 1 heterocycles. The average molecular weight is 248 g/mol. The van der Waals surface area contributed by atoms with Gasteiger partial charge in [-0.15, -0.1) is 0 Å². The van der Waals surface area contributed by atoms with E-state index in [0.29, 0.717) is 5.75 Å². The quantitative estimate of drug-likeness (QED) is 0.799. The highest BCUT2D eigenvalue weighted by Gasteiger charge is 2.32. The lowest BCUT2D eigenvalue weighted by molar-refractivity contribution is -0.140. The molecule has 1 N–H and O–H groups in total. The molecule has 0 saturated carbocycles. The summed E-state index contributed by atoms with van der Waals surface area (Å²) in [6.07, 6.45) is 1.92.